The van der Waals surface area contributed by atoms with Crippen molar-refractivity contribution in [2.75, 3.05) is 43.1 Å². The van der Waals surface area contributed by atoms with E-state index in [1.54, 1.807) is 17.6 Å². The molecule has 6 rings (SSSR count). The number of aromatic nitrogens is 3. The summed E-state index contributed by atoms with van der Waals surface area (Å²) >= 11 is 1.27. The van der Waals surface area contributed by atoms with Gasteiger partial charge in [0, 0.05) is 37.4 Å². The summed E-state index contributed by atoms with van der Waals surface area (Å²) in [5, 5.41) is 7.27. The van der Waals surface area contributed by atoms with E-state index in [4.69, 9.17) is 9.47 Å². The van der Waals surface area contributed by atoms with Crippen molar-refractivity contribution in [2.45, 2.75) is 13.0 Å². The molecule has 2 saturated heterocycles. The molecule has 0 amide bonds. The summed E-state index contributed by atoms with van der Waals surface area (Å²) in [7, 11) is 0. The van der Waals surface area contributed by atoms with Gasteiger partial charge in [-0.1, -0.05) is 6.58 Å². The second-order valence-electron chi connectivity index (χ2n) is 8.86. The molecule has 2 aliphatic rings. The molecule has 0 unspecified atom stereocenters. The fourth-order valence-electron chi connectivity index (χ4n) is 4.47. The first-order chi connectivity index (χ1) is 17.1. The molecular weight excluding hydrogens is 467 g/mol. The van der Waals surface area contributed by atoms with Crippen LogP contribution in [0.1, 0.15) is 6.92 Å². The Balaban J connectivity index is 1.45. The van der Waals surface area contributed by atoms with Gasteiger partial charge >= 0.3 is 0 Å². The first-order valence-corrected chi connectivity index (χ1v) is 12.5. The molecule has 0 aliphatic carbocycles. The maximum Gasteiger partial charge on any atom is 0.166 e. The van der Waals surface area contributed by atoms with Crippen molar-refractivity contribution in [3.8, 4) is 5.75 Å². The average molecular weight is 493 g/mol. The molecule has 0 radical (unpaired) electrons. The number of nitrogens with one attached hydrogen (secondary N) is 2. The standard InChI is InChI=1S/C25H25FN6O2S/c1-14-9-27-5-6-32(14)17-7-20-22(21(8-17)34-15(2)16-10-33-11-16)25(29-12-28-20)31-18-3-4-19-24(23(18)26)35-13-30-19/h3-4,7-8,12-14,16,27H,2,5-6,9-11H2,1H3,(H,28,29,31)/t14-/m1/s1. The van der Waals surface area contributed by atoms with Gasteiger partial charge in [-0.2, -0.15) is 0 Å². The van der Waals surface area contributed by atoms with Crippen LogP contribution in [0.5, 0.6) is 5.75 Å². The Morgan fingerprint density at radius 1 is 1.26 bits per heavy atom. The Hall–Kier alpha value is -3.34. The van der Waals surface area contributed by atoms with Gasteiger partial charge in [0.25, 0.3) is 0 Å². The Morgan fingerprint density at radius 3 is 2.94 bits per heavy atom. The Morgan fingerprint density at radius 2 is 2.14 bits per heavy atom. The van der Waals surface area contributed by atoms with Gasteiger partial charge in [0.2, 0.25) is 0 Å². The largest absolute Gasteiger partial charge is 0.461 e. The average Bonchev–Trinajstić information content (AvgIpc) is 3.30. The number of thiazole rings is 1. The molecule has 2 N–H and O–H groups in total. The first kappa shape index (κ1) is 22.1. The SMILES string of the molecule is C=C(Oc1cc(N2CCNC[C@H]2C)cc2ncnc(Nc3ccc4ncsc4c3F)c12)C1COC1. The van der Waals surface area contributed by atoms with Crippen LogP contribution >= 0.6 is 11.3 Å². The summed E-state index contributed by atoms with van der Waals surface area (Å²) in [6.45, 7) is 10.2. The summed E-state index contributed by atoms with van der Waals surface area (Å²) in [6.07, 6.45) is 1.48. The number of halogens is 1. The van der Waals surface area contributed by atoms with Crippen LogP contribution in [-0.2, 0) is 4.74 Å². The van der Waals surface area contributed by atoms with E-state index in [1.165, 1.54) is 17.7 Å². The van der Waals surface area contributed by atoms with Gasteiger partial charge in [-0.15, -0.1) is 11.3 Å². The number of hydrogen-bond donors (Lipinski definition) is 2. The predicted molar refractivity (Wildman–Crippen MR) is 136 cm³/mol. The highest BCUT2D eigenvalue weighted by Crippen LogP contribution is 2.39. The molecule has 2 aromatic carbocycles. The van der Waals surface area contributed by atoms with Crippen molar-refractivity contribution in [2.24, 2.45) is 5.92 Å². The molecule has 0 saturated carbocycles. The van der Waals surface area contributed by atoms with Crippen molar-refractivity contribution in [1.82, 2.24) is 20.3 Å². The molecular formula is C25H25FN6O2S. The van der Waals surface area contributed by atoms with Crippen LogP contribution in [0.15, 0.2) is 48.4 Å². The number of piperazine rings is 1. The van der Waals surface area contributed by atoms with Gasteiger partial charge in [0.1, 0.15) is 23.7 Å². The smallest absolute Gasteiger partial charge is 0.166 e. The zero-order valence-electron chi connectivity index (χ0n) is 19.3. The summed E-state index contributed by atoms with van der Waals surface area (Å²) in [6, 6.07) is 7.83. The quantitative estimate of drug-likeness (QED) is 0.382. The van der Waals surface area contributed by atoms with Crippen molar-refractivity contribution in [3.63, 3.8) is 0 Å². The normalized spacial score (nSPS) is 18.6. The molecule has 35 heavy (non-hydrogen) atoms. The highest BCUT2D eigenvalue weighted by atomic mass is 32.1. The van der Waals surface area contributed by atoms with Crippen LogP contribution in [-0.4, -0.2) is 53.8 Å². The minimum Gasteiger partial charge on any atom is -0.461 e. The number of ether oxygens (including phenoxy) is 2. The lowest BCUT2D eigenvalue weighted by molar-refractivity contribution is -0.0274. The molecule has 2 aliphatic heterocycles. The van der Waals surface area contributed by atoms with E-state index in [2.05, 4.69) is 44.0 Å². The van der Waals surface area contributed by atoms with E-state index >= 15 is 4.39 Å². The monoisotopic (exact) mass is 492 g/mol. The van der Waals surface area contributed by atoms with E-state index in [1.807, 2.05) is 12.1 Å². The van der Waals surface area contributed by atoms with Crippen LogP contribution in [0.25, 0.3) is 21.1 Å². The van der Waals surface area contributed by atoms with Crippen LogP contribution in [0.2, 0.25) is 0 Å². The number of benzene rings is 2. The fraction of sp³-hybridized carbons (Fsp3) is 0.320. The molecule has 1 atom stereocenters. The van der Waals surface area contributed by atoms with Crippen molar-refractivity contribution < 1.29 is 13.9 Å². The fourth-order valence-corrected chi connectivity index (χ4v) is 5.20. The van der Waals surface area contributed by atoms with Crippen LogP contribution in [0.3, 0.4) is 0 Å². The third-order valence-electron chi connectivity index (χ3n) is 6.55. The van der Waals surface area contributed by atoms with Crippen molar-refractivity contribution in [1.29, 1.82) is 0 Å². The van der Waals surface area contributed by atoms with E-state index < -0.39 is 0 Å². The molecule has 0 bridgehead atoms. The van der Waals surface area contributed by atoms with Crippen LogP contribution in [0, 0.1) is 11.7 Å². The van der Waals surface area contributed by atoms with Gasteiger partial charge in [-0.25, -0.2) is 19.3 Å². The molecule has 8 nitrogen and oxygen atoms in total. The second-order valence-corrected chi connectivity index (χ2v) is 9.72. The van der Waals surface area contributed by atoms with E-state index in [9.17, 15) is 0 Å². The van der Waals surface area contributed by atoms with Crippen molar-refractivity contribution >= 4 is 49.6 Å². The van der Waals surface area contributed by atoms with E-state index in [0.717, 1.165) is 25.3 Å². The minimum atomic E-state index is -0.360. The molecule has 4 aromatic rings. The maximum atomic E-state index is 15.2. The number of nitrogens with zero attached hydrogens (tertiary/aromatic N) is 4. The van der Waals surface area contributed by atoms with Crippen LogP contribution < -0.4 is 20.3 Å². The number of fused-ring (bicyclic) bond motifs is 2. The summed E-state index contributed by atoms with van der Waals surface area (Å²) in [5.74, 6) is 1.46. The first-order valence-electron chi connectivity index (χ1n) is 11.6. The third-order valence-corrected chi connectivity index (χ3v) is 7.38. The highest BCUT2D eigenvalue weighted by Gasteiger charge is 2.26. The molecule has 0 spiro atoms. The van der Waals surface area contributed by atoms with Gasteiger partial charge < -0.3 is 25.0 Å². The minimum absolute atomic E-state index is 0.138. The molecule has 2 fully saturated rings. The third kappa shape index (κ3) is 4.07. The number of anilines is 3. The topological polar surface area (TPSA) is 84.4 Å². The Bertz CT molecular complexity index is 1420. The highest BCUT2D eigenvalue weighted by molar-refractivity contribution is 7.16. The predicted octanol–water partition coefficient (Wildman–Crippen LogP) is 4.46. The summed E-state index contributed by atoms with van der Waals surface area (Å²) in [4.78, 5) is 15.5. The van der Waals surface area contributed by atoms with Crippen LogP contribution in [0.4, 0.5) is 21.6 Å². The Kier molecular flexibility index (Phi) is 5.71. The number of hydrogen-bond acceptors (Lipinski definition) is 9. The zero-order chi connectivity index (χ0) is 23.9. The Labute approximate surface area is 205 Å². The van der Waals surface area contributed by atoms with E-state index in [0.29, 0.717) is 63.4 Å². The van der Waals surface area contributed by atoms with Gasteiger partial charge in [-0.05, 0) is 25.1 Å². The maximum absolute atomic E-state index is 15.2. The van der Waals surface area contributed by atoms with Crippen molar-refractivity contribution in [3.05, 3.63) is 54.3 Å². The molecule has 180 valence electrons. The van der Waals surface area contributed by atoms with Gasteiger partial charge in [0.05, 0.1) is 51.4 Å². The molecule has 2 aromatic heterocycles. The lowest BCUT2D eigenvalue weighted by atomic mass is 10.1. The lowest BCUT2D eigenvalue weighted by Crippen LogP contribution is -2.49. The molecule has 10 heteroatoms. The molecule has 4 heterocycles. The number of rotatable bonds is 6. The second kappa shape index (κ2) is 9.03. The van der Waals surface area contributed by atoms with Gasteiger partial charge in [-0.3, -0.25) is 0 Å². The van der Waals surface area contributed by atoms with E-state index in [-0.39, 0.29) is 11.7 Å². The summed E-state index contributed by atoms with van der Waals surface area (Å²) < 4.78 is 27.3. The zero-order valence-corrected chi connectivity index (χ0v) is 20.1. The van der Waals surface area contributed by atoms with Gasteiger partial charge in [0.15, 0.2) is 5.82 Å². The summed E-state index contributed by atoms with van der Waals surface area (Å²) in [5.41, 5.74) is 4.30. The lowest BCUT2D eigenvalue weighted by Gasteiger charge is -2.36.